The predicted molar refractivity (Wildman–Crippen MR) is 69.5 cm³/mol. The van der Waals surface area contributed by atoms with Crippen molar-refractivity contribution in [3.05, 3.63) is 35.9 Å². The molecule has 1 heteroatoms. The van der Waals surface area contributed by atoms with E-state index in [0.29, 0.717) is 4.32 Å². The molecule has 0 bridgehead atoms. The van der Waals surface area contributed by atoms with E-state index in [-0.39, 0.29) is 0 Å². The van der Waals surface area contributed by atoms with E-state index < -0.39 is 0 Å². The van der Waals surface area contributed by atoms with Crippen molar-refractivity contribution in [2.75, 3.05) is 0 Å². The molecular weight excluding hydrogens is 248 g/mol. The van der Waals surface area contributed by atoms with Crippen molar-refractivity contribution in [2.24, 2.45) is 0 Å². The SMILES string of the molecule is BrC1(Cc2ccccc2)CCCCCC1. The van der Waals surface area contributed by atoms with Crippen LogP contribution in [0.3, 0.4) is 0 Å². The highest BCUT2D eigenvalue weighted by atomic mass is 79.9. The fourth-order valence-electron chi connectivity index (χ4n) is 2.50. The summed E-state index contributed by atoms with van der Waals surface area (Å²) in [5.41, 5.74) is 1.47. The summed E-state index contributed by atoms with van der Waals surface area (Å²) >= 11 is 3.98. The first-order valence-corrected chi connectivity index (χ1v) is 6.81. The van der Waals surface area contributed by atoms with Crippen molar-refractivity contribution in [3.63, 3.8) is 0 Å². The molecule has 0 spiro atoms. The van der Waals surface area contributed by atoms with E-state index in [0.717, 1.165) is 0 Å². The molecule has 0 atom stereocenters. The van der Waals surface area contributed by atoms with Crippen molar-refractivity contribution in [1.82, 2.24) is 0 Å². The molecule has 1 fully saturated rings. The number of alkyl halides is 1. The first-order chi connectivity index (χ1) is 7.29. The molecule has 0 aliphatic heterocycles. The van der Waals surface area contributed by atoms with Gasteiger partial charge in [0.1, 0.15) is 0 Å². The van der Waals surface area contributed by atoms with E-state index in [2.05, 4.69) is 46.3 Å². The number of rotatable bonds is 2. The van der Waals surface area contributed by atoms with E-state index in [1.807, 2.05) is 0 Å². The second-order valence-electron chi connectivity index (χ2n) is 4.73. The van der Waals surface area contributed by atoms with Crippen molar-refractivity contribution < 1.29 is 0 Å². The largest absolute Gasteiger partial charge is 0.0850 e. The third-order valence-electron chi connectivity index (χ3n) is 3.36. The Bertz CT molecular complexity index is 283. The molecular formula is C14H19Br. The molecule has 0 nitrogen and oxygen atoms in total. The van der Waals surface area contributed by atoms with Crippen LogP contribution in [-0.4, -0.2) is 4.32 Å². The molecule has 82 valence electrons. The van der Waals surface area contributed by atoms with Gasteiger partial charge in [-0.3, -0.25) is 0 Å². The van der Waals surface area contributed by atoms with Crippen molar-refractivity contribution in [1.29, 1.82) is 0 Å². The Morgan fingerprint density at radius 1 is 0.933 bits per heavy atom. The van der Waals surface area contributed by atoms with Gasteiger partial charge >= 0.3 is 0 Å². The normalized spacial score (nSPS) is 20.9. The van der Waals surface area contributed by atoms with E-state index in [1.165, 1.54) is 50.5 Å². The molecule has 0 aromatic heterocycles. The third kappa shape index (κ3) is 3.34. The number of halogens is 1. The summed E-state index contributed by atoms with van der Waals surface area (Å²) in [5, 5.41) is 0. The lowest BCUT2D eigenvalue weighted by atomic mass is 9.92. The summed E-state index contributed by atoms with van der Waals surface area (Å²) in [5.74, 6) is 0. The second kappa shape index (κ2) is 5.16. The maximum Gasteiger partial charge on any atom is 0.0298 e. The Morgan fingerprint density at radius 2 is 1.53 bits per heavy atom. The molecule has 1 aliphatic rings. The van der Waals surface area contributed by atoms with Crippen LogP contribution in [0.1, 0.15) is 44.1 Å². The fraction of sp³-hybridized carbons (Fsp3) is 0.571. The molecule has 0 unspecified atom stereocenters. The molecule has 1 saturated carbocycles. The van der Waals surface area contributed by atoms with E-state index in [4.69, 9.17) is 0 Å². The van der Waals surface area contributed by atoms with Crippen LogP contribution in [0.4, 0.5) is 0 Å². The summed E-state index contributed by atoms with van der Waals surface area (Å²) in [7, 11) is 0. The van der Waals surface area contributed by atoms with Gasteiger partial charge in [0.2, 0.25) is 0 Å². The fourth-order valence-corrected chi connectivity index (χ4v) is 3.39. The van der Waals surface area contributed by atoms with Gasteiger partial charge in [-0.15, -0.1) is 0 Å². The highest BCUT2D eigenvalue weighted by Gasteiger charge is 2.27. The standard InChI is InChI=1S/C14H19Br/c15-14(10-6-1-2-7-11-14)12-13-8-4-3-5-9-13/h3-5,8-9H,1-2,6-7,10-12H2. The van der Waals surface area contributed by atoms with Crippen LogP contribution in [0, 0.1) is 0 Å². The average molecular weight is 267 g/mol. The van der Waals surface area contributed by atoms with Crippen LogP contribution in [-0.2, 0) is 6.42 Å². The Kier molecular flexibility index (Phi) is 3.85. The van der Waals surface area contributed by atoms with Gasteiger partial charge in [0.15, 0.2) is 0 Å². The quantitative estimate of drug-likeness (QED) is 0.537. The van der Waals surface area contributed by atoms with Crippen LogP contribution >= 0.6 is 15.9 Å². The molecule has 1 aromatic rings. The molecule has 0 N–H and O–H groups in total. The van der Waals surface area contributed by atoms with Crippen LogP contribution < -0.4 is 0 Å². The second-order valence-corrected chi connectivity index (χ2v) is 6.41. The minimum atomic E-state index is 0.380. The van der Waals surface area contributed by atoms with Crippen molar-refractivity contribution in [2.45, 2.75) is 49.3 Å². The first-order valence-electron chi connectivity index (χ1n) is 6.01. The van der Waals surface area contributed by atoms with Crippen molar-refractivity contribution in [3.8, 4) is 0 Å². The van der Waals surface area contributed by atoms with Gasteiger partial charge < -0.3 is 0 Å². The molecule has 15 heavy (non-hydrogen) atoms. The zero-order valence-corrected chi connectivity index (χ0v) is 10.8. The molecule has 0 heterocycles. The van der Waals surface area contributed by atoms with Gasteiger partial charge in [-0.2, -0.15) is 0 Å². The number of benzene rings is 1. The lowest BCUT2D eigenvalue weighted by Gasteiger charge is -2.25. The van der Waals surface area contributed by atoms with E-state index in [9.17, 15) is 0 Å². The van der Waals surface area contributed by atoms with Gasteiger partial charge in [0.05, 0.1) is 0 Å². The van der Waals surface area contributed by atoms with Gasteiger partial charge in [0.25, 0.3) is 0 Å². The zero-order valence-electron chi connectivity index (χ0n) is 9.21. The predicted octanol–water partition coefficient (Wildman–Crippen LogP) is 4.72. The van der Waals surface area contributed by atoms with E-state index in [1.54, 1.807) is 0 Å². The molecule has 1 aromatic carbocycles. The van der Waals surface area contributed by atoms with Crippen LogP contribution in [0.5, 0.6) is 0 Å². The molecule has 0 radical (unpaired) electrons. The molecule has 2 rings (SSSR count). The minimum absolute atomic E-state index is 0.380. The Labute approximate surface area is 101 Å². The smallest absolute Gasteiger partial charge is 0.0298 e. The van der Waals surface area contributed by atoms with Crippen LogP contribution in [0.15, 0.2) is 30.3 Å². The summed E-state index contributed by atoms with van der Waals surface area (Å²) in [4.78, 5) is 0. The highest BCUT2D eigenvalue weighted by molar-refractivity contribution is 9.10. The monoisotopic (exact) mass is 266 g/mol. The first kappa shape index (κ1) is 11.2. The number of hydrogen-bond acceptors (Lipinski definition) is 0. The highest BCUT2D eigenvalue weighted by Crippen LogP contribution is 2.37. The van der Waals surface area contributed by atoms with Crippen molar-refractivity contribution >= 4 is 15.9 Å². The maximum absolute atomic E-state index is 3.98. The molecule has 0 saturated heterocycles. The Hall–Kier alpha value is -0.300. The Morgan fingerprint density at radius 3 is 2.13 bits per heavy atom. The van der Waals surface area contributed by atoms with Crippen LogP contribution in [0.2, 0.25) is 0 Å². The number of hydrogen-bond donors (Lipinski definition) is 0. The van der Waals surface area contributed by atoms with Crippen LogP contribution in [0.25, 0.3) is 0 Å². The topological polar surface area (TPSA) is 0 Å². The molecule has 1 aliphatic carbocycles. The van der Waals surface area contributed by atoms with E-state index >= 15 is 0 Å². The van der Waals surface area contributed by atoms with Gasteiger partial charge in [0, 0.05) is 4.32 Å². The zero-order chi connectivity index (χ0) is 10.6. The summed E-state index contributed by atoms with van der Waals surface area (Å²) in [6, 6.07) is 10.9. The Balaban J connectivity index is 2.02. The third-order valence-corrected chi connectivity index (χ3v) is 4.44. The van der Waals surface area contributed by atoms with Gasteiger partial charge in [-0.1, -0.05) is 71.9 Å². The summed E-state index contributed by atoms with van der Waals surface area (Å²) in [6.07, 6.45) is 9.47. The maximum atomic E-state index is 3.98. The average Bonchev–Trinajstić information content (AvgIpc) is 2.45. The summed E-state index contributed by atoms with van der Waals surface area (Å²) < 4.78 is 0.380. The minimum Gasteiger partial charge on any atom is -0.0850 e. The van der Waals surface area contributed by atoms with Gasteiger partial charge in [-0.05, 0) is 24.8 Å². The van der Waals surface area contributed by atoms with Gasteiger partial charge in [-0.25, -0.2) is 0 Å². The lowest BCUT2D eigenvalue weighted by molar-refractivity contribution is 0.521. The molecule has 0 amide bonds. The lowest BCUT2D eigenvalue weighted by Crippen LogP contribution is -2.22. The summed E-state index contributed by atoms with van der Waals surface area (Å²) in [6.45, 7) is 0.